The van der Waals surface area contributed by atoms with Crippen LogP contribution in [0.1, 0.15) is 19.3 Å². The summed E-state index contributed by atoms with van der Waals surface area (Å²) in [5.41, 5.74) is 0. The van der Waals surface area contributed by atoms with E-state index >= 15 is 0 Å². The molecule has 1 fully saturated rings. The molecule has 1 aliphatic rings. The van der Waals surface area contributed by atoms with Crippen molar-refractivity contribution in [2.75, 3.05) is 33.8 Å². The van der Waals surface area contributed by atoms with Gasteiger partial charge >= 0.3 is 0 Å². The van der Waals surface area contributed by atoms with Crippen molar-refractivity contribution in [2.24, 2.45) is 5.92 Å². The Morgan fingerprint density at radius 1 is 1.58 bits per heavy atom. The summed E-state index contributed by atoms with van der Waals surface area (Å²) in [5, 5.41) is 5.31. The average molecular weight is 172 g/mol. The SMILES string of the molecule is CON(C)CCC1CCCNC1. The molecule has 0 aromatic carbocycles. The van der Waals surface area contributed by atoms with Gasteiger partial charge in [0.15, 0.2) is 0 Å². The van der Waals surface area contributed by atoms with Gasteiger partial charge in [0.1, 0.15) is 0 Å². The third-order valence-corrected chi connectivity index (χ3v) is 2.56. The summed E-state index contributed by atoms with van der Waals surface area (Å²) in [6.07, 6.45) is 3.96. The topological polar surface area (TPSA) is 24.5 Å². The summed E-state index contributed by atoms with van der Waals surface area (Å²) in [6, 6.07) is 0. The van der Waals surface area contributed by atoms with Crippen LogP contribution < -0.4 is 5.32 Å². The van der Waals surface area contributed by atoms with E-state index in [4.69, 9.17) is 4.84 Å². The largest absolute Gasteiger partial charge is 0.316 e. The maximum Gasteiger partial charge on any atom is 0.0575 e. The van der Waals surface area contributed by atoms with Crippen molar-refractivity contribution >= 4 is 0 Å². The molecule has 0 radical (unpaired) electrons. The van der Waals surface area contributed by atoms with Gasteiger partial charge in [-0.2, -0.15) is 5.06 Å². The Hall–Kier alpha value is -0.120. The Balaban J connectivity index is 2.05. The van der Waals surface area contributed by atoms with Crippen molar-refractivity contribution < 1.29 is 4.84 Å². The Morgan fingerprint density at radius 3 is 3.00 bits per heavy atom. The Bertz CT molecular complexity index is 113. The van der Waals surface area contributed by atoms with Gasteiger partial charge in [-0.05, 0) is 38.3 Å². The first-order chi connectivity index (χ1) is 5.83. The summed E-state index contributed by atoms with van der Waals surface area (Å²) in [5.74, 6) is 0.858. The molecule has 0 saturated carbocycles. The van der Waals surface area contributed by atoms with Gasteiger partial charge in [-0.1, -0.05) is 0 Å². The predicted octanol–water partition coefficient (Wildman–Crippen LogP) is 0.869. The lowest BCUT2D eigenvalue weighted by atomic mass is 9.96. The van der Waals surface area contributed by atoms with Crippen molar-refractivity contribution in [3.63, 3.8) is 0 Å². The van der Waals surface area contributed by atoms with Crippen LogP contribution in [-0.4, -0.2) is 38.9 Å². The van der Waals surface area contributed by atoms with E-state index in [1.165, 1.54) is 32.4 Å². The fourth-order valence-electron chi connectivity index (χ4n) is 1.63. The van der Waals surface area contributed by atoms with Gasteiger partial charge < -0.3 is 10.2 Å². The molecule has 0 aliphatic carbocycles. The van der Waals surface area contributed by atoms with Crippen molar-refractivity contribution in [3.8, 4) is 0 Å². The molecule has 1 rings (SSSR count). The summed E-state index contributed by atoms with van der Waals surface area (Å²) in [4.78, 5) is 5.05. The first-order valence-electron chi connectivity index (χ1n) is 4.79. The maximum atomic E-state index is 5.05. The van der Waals surface area contributed by atoms with E-state index in [-0.39, 0.29) is 0 Å². The van der Waals surface area contributed by atoms with Crippen LogP contribution in [0.5, 0.6) is 0 Å². The monoisotopic (exact) mass is 172 g/mol. The Labute approximate surface area is 75.0 Å². The normalized spacial score (nSPS) is 24.8. The molecule has 3 heteroatoms. The third kappa shape index (κ3) is 3.52. The number of nitrogens with one attached hydrogen (secondary N) is 1. The van der Waals surface area contributed by atoms with Gasteiger partial charge in [0, 0.05) is 13.6 Å². The second kappa shape index (κ2) is 5.51. The molecule has 0 aromatic rings. The van der Waals surface area contributed by atoms with Crippen molar-refractivity contribution in [1.82, 2.24) is 10.4 Å². The van der Waals surface area contributed by atoms with E-state index < -0.39 is 0 Å². The van der Waals surface area contributed by atoms with Gasteiger partial charge in [-0.25, -0.2) is 0 Å². The lowest BCUT2D eigenvalue weighted by molar-refractivity contribution is -0.111. The maximum absolute atomic E-state index is 5.05. The van der Waals surface area contributed by atoms with Crippen LogP contribution in [0, 0.1) is 5.92 Å². The molecule has 12 heavy (non-hydrogen) atoms. The quantitative estimate of drug-likeness (QED) is 0.637. The molecule has 1 heterocycles. The van der Waals surface area contributed by atoms with E-state index in [2.05, 4.69) is 5.32 Å². The number of nitrogens with zero attached hydrogens (tertiary/aromatic N) is 1. The van der Waals surface area contributed by atoms with E-state index in [0.29, 0.717) is 0 Å². The van der Waals surface area contributed by atoms with Gasteiger partial charge in [-0.3, -0.25) is 0 Å². The summed E-state index contributed by atoms with van der Waals surface area (Å²) >= 11 is 0. The smallest absolute Gasteiger partial charge is 0.0575 e. The zero-order valence-corrected chi connectivity index (χ0v) is 8.18. The fraction of sp³-hybridized carbons (Fsp3) is 1.00. The van der Waals surface area contributed by atoms with E-state index in [1.54, 1.807) is 7.11 Å². The minimum atomic E-state index is 0.858. The standard InChI is InChI=1S/C9H20N2O/c1-11(12-2)7-5-9-4-3-6-10-8-9/h9-10H,3-8H2,1-2H3. The number of hydroxylamine groups is 2. The molecule has 1 saturated heterocycles. The first kappa shape index (κ1) is 9.96. The molecule has 0 aromatic heterocycles. The van der Waals surface area contributed by atoms with E-state index in [1.807, 2.05) is 12.1 Å². The summed E-state index contributed by atoms with van der Waals surface area (Å²) in [7, 11) is 3.70. The van der Waals surface area contributed by atoms with Crippen molar-refractivity contribution in [3.05, 3.63) is 0 Å². The molecular formula is C9H20N2O. The second-order valence-electron chi connectivity index (χ2n) is 3.54. The van der Waals surface area contributed by atoms with Crippen LogP contribution in [-0.2, 0) is 4.84 Å². The second-order valence-corrected chi connectivity index (χ2v) is 3.54. The highest BCUT2D eigenvalue weighted by Crippen LogP contribution is 2.13. The van der Waals surface area contributed by atoms with Gasteiger partial charge in [0.05, 0.1) is 7.11 Å². The molecular weight excluding hydrogens is 152 g/mol. The molecule has 72 valence electrons. The number of hydrogen-bond donors (Lipinski definition) is 1. The Kier molecular flexibility index (Phi) is 4.58. The lowest BCUT2D eigenvalue weighted by Gasteiger charge is -2.24. The summed E-state index contributed by atoms with van der Waals surface area (Å²) in [6.45, 7) is 3.44. The molecule has 0 bridgehead atoms. The molecule has 1 aliphatic heterocycles. The van der Waals surface area contributed by atoms with Crippen LogP contribution in [0.3, 0.4) is 0 Å². The molecule has 1 atom stereocenters. The van der Waals surface area contributed by atoms with Crippen LogP contribution in [0.25, 0.3) is 0 Å². The van der Waals surface area contributed by atoms with Gasteiger partial charge in [-0.15, -0.1) is 0 Å². The fourth-order valence-corrected chi connectivity index (χ4v) is 1.63. The van der Waals surface area contributed by atoms with Crippen LogP contribution >= 0.6 is 0 Å². The lowest BCUT2D eigenvalue weighted by Crippen LogP contribution is -2.32. The highest BCUT2D eigenvalue weighted by molar-refractivity contribution is 4.69. The number of piperidine rings is 1. The summed E-state index contributed by atoms with van der Waals surface area (Å²) < 4.78 is 0. The van der Waals surface area contributed by atoms with E-state index in [9.17, 15) is 0 Å². The molecule has 1 unspecified atom stereocenters. The van der Waals surface area contributed by atoms with Crippen LogP contribution in [0.2, 0.25) is 0 Å². The highest BCUT2D eigenvalue weighted by Gasteiger charge is 2.12. The minimum Gasteiger partial charge on any atom is -0.316 e. The molecule has 0 amide bonds. The third-order valence-electron chi connectivity index (χ3n) is 2.56. The molecule has 3 nitrogen and oxygen atoms in total. The first-order valence-corrected chi connectivity index (χ1v) is 4.79. The van der Waals surface area contributed by atoms with Crippen molar-refractivity contribution in [1.29, 1.82) is 0 Å². The Morgan fingerprint density at radius 2 is 2.42 bits per heavy atom. The molecule has 0 spiro atoms. The zero-order chi connectivity index (χ0) is 8.81. The minimum absolute atomic E-state index is 0.858. The van der Waals surface area contributed by atoms with Gasteiger partial charge in [0.25, 0.3) is 0 Å². The van der Waals surface area contributed by atoms with Crippen LogP contribution in [0.15, 0.2) is 0 Å². The molecule has 1 N–H and O–H groups in total. The zero-order valence-electron chi connectivity index (χ0n) is 8.18. The number of rotatable bonds is 4. The average Bonchev–Trinajstić information content (AvgIpc) is 2.16. The van der Waals surface area contributed by atoms with E-state index in [0.717, 1.165) is 12.5 Å². The highest BCUT2D eigenvalue weighted by atomic mass is 16.7. The van der Waals surface area contributed by atoms with Crippen LogP contribution in [0.4, 0.5) is 0 Å². The predicted molar refractivity (Wildman–Crippen MR) is 49.8 cm³/mol. The van der Waals surface area contributed by atoms with Crippen molar-refractivity contribution in [2.45, 2.75) is 19.3 Å². The van der Waals surface area contributed by atoms with Gasteiger partial charge in [0.2, 0.25) is 0 Å². The number of hydrogen-bond acceptors (Lipinski definition) is 3.